The van der Waals surface area contributed by atoms with Gasteiger partial charge in [-0.25, -0.2) is 0 Å². The molecule has 1 aliphatic carbocycles. The average molecular weight is 591 g/mol. The molecular formula is C38H40BrN. The summed E-state index contributed by atoms with van der Waals surface area (Å²) in [6.07, 6.45) is 15.0. The van der Waals surface area contributed by atoms with E-state index in [1.807, 2.05) is 0 Å². The number of benzene rings is 4. The van der Waals surface area contributed by atoms with Crippen molar-refractivity contribution in [3.05, 3.63) is 144 Å². The summed E-state index contributed by atoms with van der Waals surface area (Å²) in [5.41, 5.74) is 10.2. The molecule has 0 saturated heterocycles. The minimum absolute atomic E-state index is 0.138. The quantitative estimate of drug-likeness (QED) is 0.157. The normalized spacial score (nSPS) is 16.5. The number of rotatable bonds is 11. The lowest BCUT2D eigenvalue weighted by Gasteiger charge is -2.27. The molecule has 0 aliphatic heterocycles. The van der Waals surface area contributed by atoms with Crippen molar-refractivity contribution >= 4 is 38.6 Å². The van der Waals surface area contributed by atoms with E-state index in [2.05, 4.69) is 156 Å². The zero-order chi connectivity index (χ0) is 27.8. The second-order valence-corrected chi connectivity index (χ2v) is 12.3. The van der Waals surface area contributed by atoms with Crippen LogP contribution in [0.5, 0.6) is 0 Å². The highest BCUT2D eigenvalue weighted by atomic mass is 79.9. The highest BCUT2D eigenvalue weighted by molar-refractivity contribution is 9.09. The van der Waals surface area contributed by atoms with Crippen molar-refractivity contribution in [3.63, 3.8) is 0 Å². The van der Waals surface area contributed by atoms with Crippen molar-refractivity contribution in [2.75, 3.05) is 4.90 Å². The van der Waals surface area contributed by atoms with Crippen LogP contribution in [-0.2, 0) is 17.2 Å². The van der Waals surface area contributed by atoms with Gasteiger partial charge >= 0.3 is 0 Å². The summed E-state index contributed by atoms with van der Waals surface area (Å²) in [5, 5.41) is 0. The lowest BCUT2D eigenvalue weighted by atomic mass is 9.88. The zero-order valence-corrected chi connectivity index (χ0v) is 25.4. The average Bonchev–Trinajstić information content (AvgIpc) is 3.01. The van der Waals surface area contributed by atoms with Gasteiger partial charge in [0.15, 0.2) is 0 Å². The Balaban J connectivity index is 1.40. The molecule has 0 saturated carbocycles. The summed E-state index contributed by atoms with van der Waals surface area (Å²) in [5.74, 6) is 0. The van der Waals surface area contributed by atoms with Crippen LogP contribution in [0.1, 0.15) is 68.2 Å². The summed E-state index contributed by atoms with van der Waals surface area (Å²) >= 11 is 3.99. The number of halogens is 1. The summed E-state index contributed by atoms with van der Waals surface area (Å²) < 4.78 is -0.138. The van der Waals surface area contributed by atoms with Gasteiger partial charge in [0, 0.05) is 17.1 Å². The van der Waals surface area contributed by atoms with E-state index in [1.165, 1.54) is 70.6 Å². The molecule has 2 heteroatoms. The molecular weight excluding hydrogens is 550 g/mol. The molecule has 0 N–H and O–H groups in total. The summed E-state index contributed by atoms with van der Waals surface area (Å²) in [4.78, 5) is 2.38. The van der Waals surface area contributed by atoms with Crippen molar-refractivity contribution in [1.29, 1.82) is 0 Å². The largest absolute Gasteiger partial charge is 0.311 e. The molecule has 0 radical (unpaired) electrons. The van der Waals surface area contributed by atoms with Crippen molar-refractivity contribution in [2.45, 2.75) is 63.1 Å². The van der Waals surface area contributed by atoms with Crippen molar-refractivity contribution < 1.29 is 0 Å². The molecule has 0 bridgehead atoms. The standard InChI is InChI=1S/C38H40BrN/c1-3-5-10-30-14-20-35(21-15-30)40(36-22-16-31(17-23-36)11-6-4-2)37-24-18-32(19-25-37)33-26-28-38(39,29-27-33)34-12-8-7-9-13-34/h7-9,12-28H,3-6,10-11,29H2,1-2H3. The fourth-order valence-electron chi connectivity index (χ4n) is 5.40. The highest BCUT2D eigenvalue weighted by Crippen LogP contribution is 2.42. The van der Waals surface area contributed by atoms with E-state index >= 15 is 0 Å². The number of allylic oxidation sites excluding steroid dienone is 4. The maximum absolute atomic E-state index is 3.99. The zero-order valence-electron chi connectivity index (χ0n) is 23.8. The van der Waals surface area contributed by atoms with E-state index < -0.39 is 0 Å². The van der Waals surface area contributed by atoms with E-state index in [1.54, 1.807) is 0 Å². The molecule has 4 aromatic rings. The van der Waals surface area contributed by atoms with Crippen molar-refractivity contribution in [3.8, 4) is 0 Å². The Hall–Kier alpha value is -3.36. The van der Waals surface area contributed by atoms with E-state index in [-0.39, 0.29) is 4.32 Å². The number of unbranched alkanes of at least 4 members (excludes halogenated alkanes) is 2. The lowest BCUT2D eigenvalue weighted by molar-refractivity contribution is 0.795. The number of anilines is 3. The molecule has 1 unspecified atom stereocenters. The maximum Gasteiger partial charge on any atom is 0.0723 e. The molecule has 0 aromatic heterocycles. The molecule has 1 aliphatic rings. The second-order valence-electron chi connectivity index (χ2n) is 10.8. The Morgan fingerprint density at radius 3 is 1.60 bits per heavy atom. The van der Waals surface area contributed by atoms with E-state index in [4.69, 9.17) is 0 Å². The van der Waals surface area contributed by atoms with Gasteiger partial charge in [-0.2, -0.15) is 0 Å². The van der Waals surface area contributed by atoms with Crippen LogP contribution in [0.25, 0.3) is 5.57 Å². The van der Waals surface area contributed by atoms with E-state index in [0.717, 1.165) is 19.3 Å². The molecule has 4 aromatic carbocycles. The minimum atomic E-state index is -0.138. The van der Waals surface area contributed by atoms with Crippen LogP contribution >= 0.6 is 15.9 Å². The Morgan fingerprint density at radius 2 is 1.15 bits per heavy atom. The number of hydrogen-bond acceptors (Lipinski definition) is 1. The van der Waals surface area contributed by atoms with Crippen LogP contribution < -0.4 is 4.90 Å². The molecule has 0 heterocycles. The third-order valence-corrected chi connectivity index (χ3v) is 8.93. The lowest BCUT2D eigenvalue weighted by Crippen LogP contribution is -2.16. The van der Waals surface area contributed by atoms with Crippen molar-refractivity contribution in [1.82, 2.24) is 0 Å². The van der Waals surface area contributed by atoms with Gasteiger partial charge in [0.1, 0.15) is 0 Å². The first-order chi connectivity index (χ1) is 19.6. The predicted molar refractivity (Wildman–Crippen MR) is 177 cm³/mol. The van der Waals surface area contributed by atoms with E-state index in [0.29, 0.717) is 0 Å². The number of aryl methyl sites for hydroxylation is 2. The Bertz CT molecular complexity index is 1360. The molecule has 0 amide bonds. The molecule has 0 spiro atoms. The fraction of sp³-hybridized carbons (Fsp3) is 0.263. The smallest absolute Gasteiger partial charge is 0.0723 e. The van der Waals surface area contributed by atoms with Crippen LogP contribution in [0.15, 0.2) is 121 Å². The summed E-state index contributed by atoms with van der Waals surface area (Å²) in [6, 6.07) is 37.9. The van der Waals surface area contributed by atoms with Gasteiger partial charge in [-0.05, 0) is 96.3 Å². The maximum atomic E-state index is 3.99. The van der Waals surface area contributed by atoms with Crippen LogP contribution in [0, 0.1) is 0 Å². The highest BCUT2D eigenvalue weighted by Gasteiger charge is 2.27. The van der Waals surface area contributed by atoms with E-state index in [9.17, 15) is 0 Å². The van der Waals surface area contributed by atoms with Gasteiger partial charge in [-0.15, -0.1) is 0 Å². The van der Waals surface area contributed by atoms with Gasteiger partial charge in [-0.1, -0.05) is 128 Å². The molecule has 1 atom stereocenters. The molecule has 1 nitrogen and oxygen atoms in total. The first-order valence-corrected chi connectivity index (χ1v) is 15.6. The topological polar surface area (TPSA) is 3.24 Å². The second kappa shape index (κ2) is 13.3. The van der Waals surface area contributed by atoms with Gasteiger partial charge in [0.25, 0.3) is 0 Å². The third kappa shape index (κ3) is 6.67. The molecule has 204 valence electrons. The predicted octanol–water partition coefficient (Wildman–Crippen LogP) is 11.5. The molecule has 40 heavy (non-hydrogen) atoms. The molecule has 0 fully saturated rings. The van der Waals surface area contributed by atoms with Crippen LogP contribution in [0.4, 0.5) is 17.1 Å². The first-order valence-electron chi connectivity index (χ1n) is 14.8. The van der Waals surface area contributed by atoms with Gasteiger partial charge < -0.3 is 4.90 Å². The van der Waals surface area contributed by atoms with Crippen LogP contribution in [0.3, 0.4) is 0 Å². The van der Waals surface area contributed by atoms with Crippen LogP contribution in [-0.4, -0.2) is 0 Å². The minimum Gasteiger partial charge on any atom is -0.311 e. The SMILES string of the molecule is CCCCc1ccc(N(c2ccc(CCCC)cc2)c2ccc(C3=CCC(Br)(c4ccccc4)C=C3)cc2)cc1. The van der Waals surface area contributed by atoms with Gasteiger partial charge in [0.2, 0.25) is 0 Å². The number of hydrogen-bond donors (Lipinski definition) is 0. The Morgan fingerprint density at radius 1 is 0.650 bits per heavy atom. The van der Waals surface area contributed by atoms with Crippen molar-refractivity contribution in [2.24, 2.45) is 0 Å². The monoisotopic (exact) mass is 589 g/mol. The summed E-state index contributed by atoms with van der Waals surface area (Å²) in [6.45, 7) is 4.51. The first kappa shape index (κ1) is 28.2. The third-order valence-electron chi connectivity index (χ3n) is 7.89. The summed E-state index contributed by atoms with van der Waals surface area (Å²) in [7, 11) is 0. The Labute approximate surface area is 249 Å². The number of nitrogens with zero attached hydrogens (tertiary/aromatic N) is 1. The van der Waals surface area contributed by atoms with Crippen LogP contribution in [0.2, 0.25) is 0 Å². The number of alkyl halides is 1. The van der Waals surface area contributed by atoms with Gasteiger partial charge in [-0.3, -0.25) is 0 Å². The Kier molecular flexibility index (Phi) is 9.39. The van der Waals surface area contributed by atoms with Gasteiger partial charge in [0.05, 0.1) is 4.32 Å². The molecule has 5 rings (SSSR count). The fourth-order valence-corrected chi connectivity index (χ4v) is 5.95.